The second kappa shape index (κ2) is 9.29. The third kappa shape index (κ3) is 4.65. The van der Waals surface area contributed by atoms with Crippen LogP contribution in [-0.2, 0) is 12.7 Å². The first kappa shape index (κ1) is 23.8. The van der Waals surface area contributed by atoms with E-state index in [4.69, 9.17) is 9.15 Å². The normalized spacial score (nSPS) is 14.5. The zero-order chi connectivity index (χ0) is 25.4. The smallest absolute Gasteiger partial charge is 0.416 e. The summed E-state index contributed by atoms with van der Waals surface area (Å²) in [6.45, 7) is 4.32. The van der Waals surface area contributed by atoms with Gasteiger partial charge in [0, 0.05) is 50.5 Å². The van der Waals surface area contributed by atoms with Gasteiger partial charge in [-0.25, -0.2) is 0 Å². The van der Waals surface area contributed by atoms with Crippen molar-refractivity contribution >= 4 is 22.7 Å². The summed E-state index contributed by atoms with van der Waals surface area (Å²) in [6.07, 6.45) is -4.43. The zero-order valence-corrected chi connectivity index (χ0v) is 20.0. The summed E-state index contributed by atoms with van der Waals surface area (Å²) in [5.74, 6) is 1.29. The lowest BCUT2D eigenvalue weighted by atomic mass is 10.1. The first-order valence-electron chi connectivity index (χ1n) is 11.7. The number of aryl methyl sites for hydroxylation is 1. The SMILES string of the molecule is COc1ccc(N2CCN(C(=O)c3cc4oc(C)cc4n3Cc3cccc(C(F)(F)F)c3)CC2)cc1. The Morgan fingerprint density at radius 2 is 1.72 bits per heavy atom. The number of carbonyl (C=O) groups excluding carboxylic acids is 1. The molecule has 2 aromatic heterocycles. The highest BCUT2D eigenvalue weighted by atomic mass is 19.4. The van der Waals surface area contributed by atoms with Crippen LogP contribution < -0.4 is 9.64 Å². The number of alkyl halides is 3. The minimum atomic E-state index is -4.43. The van der Waals surface area contributed by atoms with Gasteiger partial charge in [-0.1, -0.05) is 12.1 Å². The maximum Gasteiger partial charge on any atom is 0.416 e. The molecule has 4 aromatic rings. The summed E-state index contributed by atoms with van der Waals surface area (Å²) < 4.78 is 52.5. The molecule has 9 heteroatoms. The van der Waals surface area contributed by atoms with Gasteiger partial charge in [-0.15, -0.1) is 0 Å². The van der Waals surface area contributed by atoms with Crippen LogP contribution in [0.3, 0.4) is 0 Å². The molecule has 0 unspecified atom stereocenters. The number of amides is 1. The van der Waals surface area contributed by atoms with Crippen LogP contribution >= 0.6 is 0 Å². The predicted octanol–water partition coefficient (Wildman–Crippen LogP) is 5.58. The van der Waals surface area contributed by atoms with Crippen LogP contribution in [0.2, 0.25) is 0 Å². The van der Waals surface area contributed by atoms with Gasteiger partial charge < -0.3 is 23.5 Å². The Balaban J connectivity index is 1.38. The van der Waals surface area contributed by atoms with E-state index in [1.54, 1.807) is 41.7 Å². The number of hydrogen-bond acceptors (Lipinski definition) is 4. The number of carbonyl (C=O) groups is 1. The Hall–Kier alpha value is -3.88. The average Bonchev–Trinajstić information content (AvgIpc) is 3.40. The lowest BCUT2D eigenvalue weighted by molar-refractivity contribution is -0.137. The molecule has 0 radical (unpaired) electrons. The molecule has 2 aromatic carbocycles. The summed E-state index contributed by atoms with van der Waals surface area (Å²) in [5.41, 5.74) is 2.43. The van der Waals surface area contributed by atoms with Gasteiger partial charge in [0.25, 0.3) is 5.91 Å². The highest BCUT2D eigenvalue weighted by Gasteiger charge is 2.31. The van der Waals surface area contributed by atoms with Crippen LogP contribution in [0.25, 0.3) is 11.1 Å². The van der Waals surface area contributed by atoms with E-state index in [1.807, 2.05) is 24.3 Å². The van der Waals surface area contributed by atoms with Crippen molar-refractivity contribution in [2.24, 2.45) is 0 Å². The predicted molar refractivity (Wildman–Crippen MR) is 131 cm³/mol. The standard InChI is InChI=1S/C27H26F3N3O3/c1-18-14-23-25(36-18)16-24(33(23)17-19-4-3-5-20(15-19)27(28,29)30)26(34)32-12-10-31(11-13-32)21-6-8-22(35-2)9-7-21/h3-9,14-16H,10-13,17H2,1-2H3. The van der Waals surface area contributed by atoms with Crippen molar-refractivity contribution in [1.29, 1.82) is 0 Å². The van der Waals surface area contributed by atoms with Crippen molar-refractivity contribution in [3.05, 3.63) is 83.2 Å². The van der Waals surface area contributed by atoms with Gasteiger partial charge in [0.15, 0.2) is 5.58 Å². The van der Waals surface area contributed by atoms with E-state index in [0.717, 1.165) is 23.6 Å². The Morgan fingerprint density at radius 1 is 1.00 bits per heavy atom. The van der Waals surface area contributed by atoms with Crippen molar-refractivity contribution in [3.63, 3.8) is 0 Å². The number of fused-ring (bicyclic) bond motifs is 1. The number of ether oxygens (including phenoxy) is 1. The van der Waals surface area contributed by atoms with Crippen molar-refractivity contribution in [2.75, 3.05) is 38.2 Å². The molecule has 0 N–H and O–H groups in total. The summed E-state index contributed by atoms with van der Waals surface area (Å²) in [6, 6.07) is 16.5. The molecule has 1 saturated heterocycles. The Labute approximate surface area is 206 Å². The number of halogens is 3. The van der Waals surface area contributed by atoms with E-state index in [0.29, 0.717) is 54.3 Å². The van der Waals surface area contributed by atoms with Gasteiger partial charge in [-0.3, -0.25) is 4.79 Å². The van der Waals surface area contributed by atoms with Gasteiger partial charge in [-0.2, -0.15) is 13.2 Å². The van der Waals surface area contributed by atoms with E-state index < -0.39 is 11.7 Å². The van der Waals surface area contributed by atoms with Gasteiger partial charge in [0.2, 0.25) is 0 Å². The maximum atomic E-state index is 13.6. The highest BCUT2D eigenvalue weighted by molar-refractivity contribution is 5.98. The van der Waals surface area contributed by atoms with Crippen LogP contribution in [0, 0.1) is 6.92 Å². The van der Waals surface area contributed by atoms with Gasteiger partial charge >= 0.3 is 6.18 Å². The number of benzene rings is 2. The molecular weight excluding hydrogens is 471 g/mol. The highest BCUT2D eigenvalue weighted by Crippen LogP contribution is 2.31. The number of hydrogen-bond donors (Lipinski definition) is 0. The van der Waals surface area contributed by atoms with Gasteiger partial charge in [0.1, 0.15) is 17.2 Å². The van der Waals surface area contributed by atoms with Crippen LogP contribution in [0.1, 0.15) is 27.4 Å². The summed E-state index contributed by atoms with van der Waals surface area (Å²) in [5, 5.41) is 0. The Bertz CT molecular complexity index is 1380. The van der Waals surface area contributed by atoms with E-state index in [2.05, 4.69) is 4.90 Å². The van der Waals surface area contributed by atoms with E-state index in [-0.39, 0.29) is 12.5 Å². The first-order chi connectivity index (χ1) is 17.2. The fraction of sp³-hybridized carbons (Fsp3) is 0.296. The second-order valence-electron chi connectivity index (χ2n) is 8.90. The summed E-state index contributed by atoms with van der Waals surface area (Å²) >= 11 is 0. The van der Waals surface area contributed by atoms with Crippen molar-refractivity contribution in [2.45, 2.75) is 19.6 Å². The molecule has 1 aliphatic heterocycles. The Kier molecular flexibility index (Phi) is 6.15. The second-order valence-corrected chi connectivity index (χ2v) is 8.90. The average molecular weight is 498 g/mol. The molecule has 0 aliphatic carbocycles. The molecule has 1 amide bonds. The maximum absolute atomic E-state index is 13.6. The van der Waals surface area contributed by atoms with Crippen LogP contribution in [0.15, 0.2) is 65.1 Å². The fourth-order valence-electron chi connectivity index (χ4n) is 4.66. The van der Waals surface area contributed by atoms with Crippen LogP contribution in [-0.4, -0.2) is 48.7 Å². The Morgan fingerprint density at radius 3 is 2.39 bits per heavy atom. The molecule has 3 heterocycles. The van der Waals surface area contributed by atoms with Crippen molar-refractivity contribution in [3.8, 4) is 5.75 Å². The lowest BCUT2D eigenvalue weighted by Crippen LogP contribution is -2.49. The van der Waals surface area contributed by atoms with Crippen molar-refractivity contribution in [1.82, 2.24) is 9.47 Å². The largest absolute Gasteiger partial charge is 0.497 e. The third-order valence-corrected chi connectivity index (χ3v) is 6.53. The van der Waals surface area contributed by atoms with E-state index in [9.17, 15) is 18.0 Å². The molecule has 0 saturated carbocycles. The van der Waals surface area contributed by atoms with Gasteiger partial charge in [0.05, 0.1) is 18.2 Å². The third-order valence-electron chi connectivity index (χ3n) is 6.53. The van der Waals surface area contributed by atoms with E-state index in [1.165, 1.54) is 6.07 Å². The quantitative estimate of drug-likeness (QED) is 0.361. The summed E-state index contributed by atoms with van der Waals surface area (Å²) in [7, 11) is 1.63. The lowest BCUT2D eigenvalue weighted by Gasteiger charge is -2.36. The molecule has 188 valence electrons. The molecule has 0 bridgehead atoms. The first-order valence-corrected chi connectivity index (χ1v) is 11.7. The minimum absolute atomic E-state index is 0.124. The molecule has 0 atom stereocenters. The number of furan rings is 1. The number of methoxy groups -OCH3 is 1. The molecule has 6 nitrogen and oxygen atoms in total. The minimum Gasteiger partial charge on any atom is -0.497 e. The molecular formula is C27H26F3N3O3. The van der Waals surface area contributed by atoms with Crippen LogP contribution in [0.4, 0.5) is 18.9 Å². The number of piperazine rings is 1. The number of nitrogens with zero attached hydrogens (tertiary/aromatic N) is 3. The van der Waals surface area contributed by atoms with Crippen LogP contribution in [0.5, 0.6) is 5.75 Å². The molecule has 36 heavy (non-hydrogen) atoms. The number of rotatable bonds is 5. The summed E-state index contributed by atoms with van der Waals surface area (Å²) in [4.78, 5) is 17.6. The topological polar surface area (TPSA) is 50.9 Å². The fourth-order valence-corrected chi connectivity index (χ4v) is 4.66. The molecule has 5 rings (SSSR count). The number of anilines is 1. The molecule has 0 spiro atoms. The molecule has 1 aliphatic rings. The zero-order valence-electron chi connectivity index (χ0n) is 20.0. The van der Waals surface area contributed by atoms with E-state index >= 15 is 0 Å². The van der Waals surface area contributed by atoms with Gasteiger partial charge in [-0.05, 0) is 48.9 Å². The van der Waals surface area contributed by atoms with Crippen molar-refractivity contribution < 1.29 is 27.1 Å². The number of aromatic nitrogens is 1. The molecule has 1 fully saturated rings. The monoisotopic (exact) mass is 497 g/mol.